The van der Waals surface area contributed by atoms with Crippen LogP contribution in [0.2, 0.25) is 0 Å². The summed E-state index contributed by atoms with van der Waals surface area (Å²) in [6.07, 6.45) is -0.465. The first-order chi connectivity index (χ1) is 8.16. The lowest BCUT2D eigenvalue weighted by Gasteiger charge is -2.48. The van der Waals surface area contributed by atoms with Crippen LogP contribution in [0.3, 0.4) is 0 Å². The maximum Gasteiger partial charge on any atom is 0.239 e. The first-order valence-corrected chi connectivity index (χ1v) is 6.14. The molecule has 0 heterocycles. The molecular weight excluding hydrogens is 220 g/mol. The van der Waals surface area contributed by atoms with Gasteiger partial charge in [-0.2, -0.15) is 0 Å². The summed E-state index contributed by atoms with van der Waals surface area (Å²) < 4.78 is 25.5. The fourth-order valence-corrected chi connectivity index (χ4v) is 3.09. The van der Waals surface area contributed by atoms with E-state index < -0.39 is 6.43 Å². The molecule has 1 aliphatic carbocycles. The van der Waals surface area contributed by atoms with E-state index in [9.17, 15) is 8.78 Å². The Bertz CT molecular complexity index is 344. The third kappa shape index (κ3) is 2.65. The Morgan fingerprint density at radius 1 is 1.29 bits per heavy atom. The molecule has 1 saturated carbocycles. The lowest BCUT2D eigenvalue weighted by atomic mass is 9.57. The number of benzene rings is 1. The van der Waals surface area contributed by atoms with E-state index in [4.69, 9.17) is 0 Å². The highest BCUT2D eigenvalue weighted by Crippen LogP contribution is 2.51. The van der Waals surface area contributed by atoms with E-state index in [1.807, 2.05) is 37.4 Å². The van der Waals surface area contributed by atoms with Crippen LogP contribution in [0.4, 0.5) is 8.78 Å². The van der Waals surface area contributed by atoms with Crippen molar-refractivity contribution in [3.8, 4) is 0 Å². The first kappa shape index (κ1) is 12.5. The van der Waals surface area contributed by atoms with Gasteiger partial charge in [0, 0.05) is 11.8 Å². The van der Waals surface area contributed by atoms with Crippen molar-refractivity contribution in [1.29, 1.82) is 0 Å². The van der Waals surface area contributed by atoms with Crippen LogP contribution in [-0.4, -0.2) is 20.0 Å². The molecule has 0 aromatic heterocycles. The van der Waals surface area contributed by atoms with Crippen LogP contribution in [0.25, 0.3) is 0 Å². The van der Waals surface area contributed by atoms with Crippen molar-refractivity contribution >= 4 is 0 Å². The van der Waals surface area contributed by atoms with Gasteiger partial charge >= 0.3 is 0 Å². The number of hydrogen-bond acceptors (Lipinski definition) is 1. The van der Waals surface area contributed by atoms with Gasteiger partial charge in [-0.1, -0.05) is 30.3 Å². The van der Waals surface area contributed by atoms with Gasteiger partial charge in [-0.25, -0.2) is 8.78 Å². The number of alkyl halides is 2. The van der Waals surface area contributed by atoms with Gasteiger partial charge in [-0.15, -0.1) is 0 Å². The normalized spacial score (nSPS) is 28.1. The minimum absolute atomic E-state index is 0.00275. The fraction of sp³-hybridized carbons (Fsp3) is 0.571. The van der Waals surface area contributed by atoms with E-state index in [0.29, 0.717) is 5.92 Å². The Morgan fingerprint density at radius 2 is 1.94 bits per heavy atom. The fourth-order valence-electron chi connectivity index (χ4n) is 3.09. The summed E-state index contributed by atoms with van der Waals surface area (Å²) in [4.78, 5) is 0. The molecular formula is C14H19F2N. The van der Waals surface area contributed by atoms with Crippen LogP contribution >= 0.6 is 0 Å². The van der Waals surface area contributed by atoms with Gasteiger partial charge in [-0.3, -0.25) is 0 Å². The third-order valence-corrected chi connectivity index (χ3v) is 3.78. The zero-order chi connectivity index (χ0) is 12.3. The van der Waals surface area contributed by atoms with E-state index in [1.165, 1.54) is 0 Å². The van der Waals surface area contributed by atoms with Gasteiger partial charge in [0.1, 0.15) is 0 Å². The van der Waals surface area contributed by atoms with Crippen LogP contribution in [0, 0.1) is 5.92 Å². The second-order valence-electron chi connectivity index (χ2n) is 5.07. The van der Waals surface area contributed by atoms with Crippen molar-refractivity contribution < 1.29 is 8.78 Å². The van der Waals surface area contributed by atoms with E-state index in [0.717, 1.165) is 24.9 Å². The van der Waals surface area contributed by atoms with Gasteiger partial charge < -0.3 is 5.32 Å². The number of rotatable bonds is 5. The predicted molar refractivity (Wildman–Crippen MR) is 65.4 cm³/mol. The van der Waals surface area contributed by atoms with Crippen LogP contribution in [0.15, 0.2) is 30.3 Å². The lowest BCUT2D eigenvalue weighted by Crippen LogP contribution is -2.45. The molecule has 0 saturated heterocycles. The van der Waals surface area contributed by atoms with Crippen molar-refractivity contribution in [2.75, 3.05) is 13.6 Å². The summed E-state index contributed by atoms with van der Waals surface area (Å²) >= 11 is 0. The zero-order valence-corrected chi connectivity index (χ0v) is 10.1. The first-order valence-electron chi connectivity index (χ1n) is 6.14. The van der Waals surface area contributed by atoms with Gasteiger partial charge in [-0.05, 0) is 37.9 Å². The highest BCUT2D eigenvalue weighted by molar-refractivity contribution is 5.29. The molecule has 0 unspecified atom stereocenters. The molecule has 0 atom stereocenters. The molecule has 2 rings (SSSR count). The molecule has 0 amide bonds. The molecule has 1 aliphatic rings. The Labute approximate surface area is 101 Å². The SMILES string of the molecule is CNCC1CC(CC(F)F)(c2ccccc2)C1. The van der Waals surface area contributed by atoms with Crippen LogP contribution in [0.1, 0.15) is 24.8 Å². The maximum atomic E-state index is 12.7. The van der Waals surface area contributed by atoms with E-state index >= 15 is 0 Å². The number of halogens is 2. The summed E-state index contributed by atoms with van der Waals surface area (Å²) in [5.74, 6) is 0.541. The van der Waals surface area contributed by atoms with Gasteiger partial charge in [0.15, 0.2) is 0 Å². The lowest BCUT2D eigenvalue weighted by molar-refractivity contribution is 0.0412. The second-order valence-corrected chi connectivity index (χ2v) is 5.07. The summed E-state index contributed by atoms with van der Waals surface area (Å²) in [5.41, 5.74) is 0.796. The quantitative estimate of drug-likeness (QED) is 0.832. The topological polar surface area (TPSA) is 12.0 Å². The molecule has 94 valence electrons. The van der Waals surface area contributed by atoms with Crippen molar-refractivity contribution in [1.82, 2.24) is 5.32 Å². The van der Waals surface area contributed by atoms with Crippen LogP contribution < -0.4 is 5.32 Å². The third-order valence-electron chi connectivity index (χ3n) is 3.78. The second kappa shape index (κ2) is 5.13. The monoisotopic (exact) mass is 239 g/mol. The molecule has 1 fully saturated rings. The van der Waals surface area contributed by atoms with E-state index in [1.54, 1.807) is 0 Å². The van der Waals surface area contributed by atoms with Crippen molar-refractivity contribution in [2.24, 2.45) is 5.92 Å². The molecule has 1 aromatic carbocycles. The van der Waals surface area contributed by atoms with Crippen molar-refractivity contribution in [2.45, 2.75) is 31.1 Å². The van der Waals surface area contributed by atoms with Crippen molar-refractivity contribution in [3.63, 3.8) is 0 Å². The highest BCUT2D eigenvalue weighted by atomic mass is 19.3. The summed E-state index contributed by atoms with van der Waals surface area (Å²) in [5, 5.41) is 3.12. The molecule has 0 bridgehead atoms. The standard InChI is InChI=1S/C14H19F2N/c1-17-10-11-7-14(8-11,9-13(15)16)12-5-3-2-4-6-12/h2-6,11,13,17H,7-10H2,1H3. The average molecular weight is 239 g/mol. The maximum absolute atomic E-state index is 12.7. The van der Waals surface area contributed by atoms with Gasteiger partial charge in [0.25, 0.3) is 0 Å². The van der Waals surface area contributed by atoms with E-state index in [-0.39, 0.29) is 11.8 Å². The van der Waals surface area contributed by atoms with Crippen LogP contribution in [-0.2, 0) is 5.41 Å². The Hall–Kier alpha value is -0.960. The number of hydrogen-bond donors (Lipinski definition) is 1. The van der Waals surface area contributed by atoms with Gasteiger partial charge in [0.05, 0.1) is 0 Å². The average Bonchev–Trinajstić information content (AvgIpc) is 2.26. The zero-order valence-electron chi connectivity index (χ0n) is 10.1. The summed E-state index contributed by atoms with van der Waals surface area (Å²) in [6, 6.07) is 9.78. The van der Waals surface area contributed by atoms with Crippen LogP contribution in [0.5, 0.6) is 0 Å². The molecule has 1 N–H and O–H groups in total. The number of nitrogens with one attached hydrogen (secondary N) is 1. The van der Waals surface area contributed by atoms with Crippen molar-refractivity contribution in [3.05, 3.63) is 35.9 Å². The minimum atomic E-state index is -2.22. The summed E-state index contributed by atoms with van der Waals surface area (Å²) in [7, 11) is 1.91. The molecule has 0 aliphatic heterocycles. The summed E-state index contributed by atoms with van der Waals surface area (Å²) in [6.45, 7) is 0.928. The Kier molecular flexibility index (Phi) is 3.77. The van der Waals surface area contributed by atoms with Gasteiger partial charge in [0.2, 0.25) is 6.43 Å². The molecule has 17 heavy (non-hydrogen) atoms. The molecule has 0 radical (unpaired) electrons. The largest absolute Gasteiger partial charge is 0.319 e. The Balaban J connectivity index is 2.11. The molecule has 1 nitrogen and oxygen atoms in total. The highest BCUT2D eigenvalue weighted by Gasteiger charge is 2.46. The molecule has 0 spiro atoms. The predicted octanol–water partition coefficient (Wildman–Crippen LogP) is 3.21. The minimum Gasteiger partial charge on any atom is -0.319 e. The molecule has 3 heteroatoms. The Morgan fingerprint density at radius 3 is 2.47 bits per heavy atom. The van der Waals surface area contributed by atoms with E-state index in [2.05, 4.69) is 5.32 Å². The molecule has 1 aromatic rings. The smallest absolute Gasteiger partial charge is 0.239 e.